The van der Waals surface area contributed by atoms with E-state index in [0.717, 1.165) is 13.0 Å². The van der Waals surface area contributed by atoms with E-state index in [2.05, 4.69) is 0 Å². The molecule has 1 atom stereocenters. The van der Waals surface area contributed by atoms with E-state index >= 15 is 0 Å². The molecule has 1 amide bonds. The highest BCUT2D eigenvalue weighted by Crippen LogP contribution is 2.39. The summed E-state index contributed by atoms with van der Waals surface area (Å²) < 4.78 is 10.7. The number of nitrogens with one attached hydrogen (secondary N) is 1. The Morgan fingerprint density at radius 3 is 2.68 bits per heavy atom. The number of carbonyl (C=O) groups is 2. The molecule has 0 saturated carbocycles. The fraction of sp³-hybridized carbons (Fsp3) is 0.333. The second-order valence-electron chi connectivity index (χ2n) is 7.05. The highest BCUT2D eigenvalue weighted by molar-refractivity contribution is 6.46. The Kier molecular flexibility index (Phi) is 5.84. The molecule has 1 aliphatic heterocycles. The third kappa shape index (κ3) is 3.80. The maximum absolute atomic E-state index is 12.8. The van der Waals surface area contributed by atoms with Crippen molar-refractivity contribution >= 4 is 17.4 Å². The van der Waals surface area contributed by atoms with Gasteiger partial charge < -0.3 is 24.1 Å². The van der Waals surface area contributed by atoms with Gasteiger partial charge in [0.05, 0.1) is 39.6 Å². The lowest BCUT2D eigenvalue weighted by molar-refractivity contribution is -0.858. The molecular formula is C21H25N2O5+. The van der Waals surface area contributed by atoms with Crippen LogP contribution in [0.4, 0.5) is 0 Å². The Morgan fingerprint density at radius 2 is 2.04 bits per heavy atom. The number of furan rings is 1. The Hall–Kier alpha value is -3.06. The minimum absolute atomic E-state index is 0.0328. The average Bonchev–Trinajstić information content (AvgIpc) is 3.29. The van der Waals surface area contributed by atoms with Crippen LogP contribution in [0.3, 0.4) is 0 Å². The quantitative estimate of drug-likeness (QED) is 0.426. The molecule has 1 aliphatic rings. The fourth-order valence-corrected chi connectivity index (χ4v) is 3.38. The highest BCUT2D eigenvalue weighted by atomic mass is 16.5. The number of ether oxygens (including phenoxy) is 1. The lowest BCUT2D eigenvalue weighted by atomic mass is 9.99. The molecule has 1 saturated heterocycles. The van der Waals surface area contributed by atoms with E-state index < -0.39 is 17.7 Å². The normalized spacial score (nSPS) is 18.9. The van der Waals surface area contributed by atoms with Crippen molar-refractivity contribution in [3.63, 3.8) is 0 Å². The first kappa shape index (κ1) is 19.7. The summed E-state index contributed by atoms with van der Waals surface area (Å²) in [4.78, 5) is 28.2. The molecule has 148 valence electrons. The van der Waals surface area contributed by atoms with Gasteiger partial charge in [-0.25, -0.2) is 0 Å². The molecule has 7 nitrogen and oxygen atoms in total. The number of benzene rings is 1. The standard InChI is InChI=1S/C21H24N2O5/c1-22(2)10-6-11-23-18(16-9-5-12-28-16)17(20(25)21(23)26)19(24)14-7-4-8-15(13-14)27-3/h4-5,7-9,12-13,18,24H,6,10-11H2,1-3H3/p+1/t18-/m1/s1. The number of aliphatic hydroxyl groups excluding tert-OH is 1. The van der Waals surface area contributed by atoms with E-state index in [4.69, 9.17) is 9.15 Å². The van der Waals surface area contributed by atoms with Crippen LogP contribution in [0, 0.1) is 0 Å². The molecule has 28 heavy (non-hydrogen) atoms. The maximum Gasteiger partial charge on any atom is 0.295 e. The molecule has 0 unspecified atom stereocenters. The summed E-state index contributed by atoms with van der Waals surface area (Å²) in [6, 6.07) is 9.40. The summed E-state index contributed by atoms with van der Waals surface area (Å²) in [6.07, 6.45) is 2.22. The first-order valence-electron chi connectivity index (χ1n) is 9.19. The smallest absolute Gasteiger partial charge is 0.295 e. The number of rotatable bonds is 7. The van der Waals surface area contributed by atoms with Crippen LogP contribution in [0.5, 0.6) is 5.75 Å². The van der Waals surface area contributed by atoms with E-state index in [-0.39, 0.29) is 11.3 Å². The minimum Gasteiger partial charge on any atom is -0.507 e. The van der Waals surface area contributed by atoms with Gasteiger partial charge in [0, 0.05) is 18.5 Å². The first-order valence-corrected chi connectivity index (χ1v) is 9.19. The monoisotopic (exact) mass is 385 g/mol. The van der Waals surface area contributed by atoms with Gasteiger partial charge in [-0.15, -0.1) is 0 Å². The predicted molar refractivity (Wildman–Crippen MR) is 103 cm³/mol. The Balaban J connectivity index is 2.04. The summed E-state index contributed by atoms with van der Waals surface area (Å²) in [5, 5.41) is 10.9. The summed E-state index contributed by atoms with van der Waals surface area (Å²) in [5.41, 5.74) is 0.442. The van der Waals surface area contributed by atoms with Crippen LogP contribution in [0.2, 0.25) is 0 Å². The summed E-state index contributed by atoms with van der Waals surface area (Å²) in [6.45, 7) is 1.25. The first-order chi connectivity index (χ1) is 13.4. The SMILES string of the molecule is COc1cccc(C(O)=C2C(=O)C(=O)N(CCC[NH+](C)C)[C@@H]2c2ccco2)c1. The number of nitrogens with zero attached hydrogens (tertiary/aromatic N) is 1. The zero-order valence-electron chi connectivity index (χ0n) is 16.3. The topological polar surface area (TPSA) is 84.4 Å². The Labute approximate surface area is 163 Å². The number of hydrogen-bond donors (Lipinski definition) is 2. The molecule has 3 rings (SSSR count). The van der Waals surface area contributed by atoms with E-state index in [9.17, 15) is 14.7 Å². The predicted octanol–water partition coefficient (Wildman–Crippen LogP) is 1.24. The molecule has 1 aromatic carbocycles. The molecule has 1 aromatic heterocycles. The summed E-state index contributed by atoms with van der Waals surface area (Å²) >= 11 is 0. The third-order valence-electron chi connectivity index (χ3n) is 4.77. The zero-order valence-corrected chi connectivity index (χ0v) is 16.3. The van der Waals surface area contributed by atoms with Crippen LogP contribution in [-0.4, -0.2) is 56.0 Å². The molecule has 2 aromatic rings. The molecule has 0 bridgehead atoms. The lowest BCUT2D eigenvalue weighted by Crippen LogP contribution is -3.05. The zero-order chi connectivity index (χ0) is 20.3. The number of methoxy groups -OCH3 is 1. The van der Waals surface area contributed by atoms with E-state index in [0.29, 0.717) is 23.6 Å². The van der Waals surface area contributed by atoms with Gasteiger partial charge in [-0.3, -0.25) is 9.59 Å². The van der Waals surface area contributed by atoms with Gasteiger partial charge >= 0.3 is 0 Å². The number of ketones is 1. The van der Waals surface area contributed by atoms with Gasteiger partial charge in [-0.2, -0.15) is 0 Å². The van der Waals surface area contributed by atoms with Crippen molar-refractivity contribution in [1.82, 2.24) is 4.90 Å². The van der Waals surface area contributed by atoms with Crippen molar-refractivity contribution in [1.29, 1.82) is 0 Å². The molecular weight excluding hydrogens is 360 g/mol. The average molecular weight is 385 g/mol. The maximum atomic E-state index is 12.8. The molecule has 2 N–H and O–H groups in total. The highest BCUT2D eigenvalue weighted by Gasteiger charge is 2.47. The van der Waals surface area contributed by atoms with Crippen LogP contribution in [0.15, 0.2) is 52.7 Å². The van der Waals surface area contributed by atoms with Gasteiger partial charge in [-0.05, 0) is 24.3 Å². The van der Waals surface area contributed by atoms with Crippen molar-refractivity contribution in [2.24, 2.45) is 0 Å². The molecule has 7 heteroatoms. The van der Waals surface area contributed by atoms with E-state index in [1.54, 1.807) is 36.4 Å². The number of likely N-dealkylation sites (tertiary alicyclic amines) is 1. The largest absolute Gasteiger partial charge is 0.507 e. The number of quaternary nitrogens is 1. The van der Waals surface area contributed by atoms with E-state index in [1.165, 1.54) is 23.2 Å². The van der Waals surface area contributed by atoms with Crippen LogP contribution < -0.4 is 9.64 Å². The Morgan fingerprint density at radius 1 is 1.25 bits per heavy atom. The van der Waals surface area contributed by atoms with Crippen LogP contribution >= 0.6 is 0 Å². The van der Waals surface area contributed by atoms with E-state index in [1.807, 2.05) is 14.1 Å². The van der Waals surface area contributed by atoms with Crippen molar-refractivity contribution in [2.75, 3.05) is 34.3 Å². The Bertz CT molecular complexity index is 886. The second-order valence-corrected chi connectivity index (χ2v) is 7.05. The molecule has 0 spiro atoms. The molecule has 1 fully saturated rings. The number of amides is 1. The van der Waals surface area contributed by atoms with Gasteiger partial charge in [0.2, 0.25) is 0 Å². The second kappa shape index (κ2) is 8.31. The fourth-order valence-electron chi connectivity index (χ4n) is 3.38. The third-order valence-corrected chi connectivity index (χ3v) is 4.77. The number of hydrogen-bond acceptors (Lipinski definition) is 5. The molecule has 2 heterocycles. The van der Waals surface area contributed by atoms with Crippen molar-refractivity contribution in [3.05, 3.63) is 59.6 Å². The van der Waals surface area contributed by atoms with Gasteiger partial charge in [0.25, 0.3) is 11.7 Å². The van der Waals surface area contributed by atoms with Gasteiger partial charge in [-0.1, -0.05) is 12.1 Å². The van der Waals surface area contributed by atoms with Crippen LogP contribution in [0.1, 0.15) is 23.8 Å². The number of carbonyl (C=O) groups excluding carboxylic acids is 2. The minimum atomic E-state index is -0.752. The van der Waals surface area contributed by atoms with Crippen molar-refractivity contribution in [3.8, 4) is 5.75 Å². The van der Waals surface area contributed by atoms with Crippen LogP contribution in [0.25, 0.3) is 5.76 Å². The van der Waals surface area contributed by atoms with Gasteiger partial charge in [0.1, 0.15) is 23.3 Å². The number of aliphatic hydroxyl groups is 1. The van der Waals surface area contributed by atoms with Crippen LogP contribution in [-0.2, 0) is 9.59 Å². The molecule has 0 radical (unpaired) electrons. The summed E-state index contributed by atoms with van der Waals surface area (Å²) in [5.74, 6) is -0.583. The van der Waals surface area contributed by atoms with Gasteiger partial charge in [0.15, 0.2) is 0 Å². The molecule has 0 aliphatic carbocycles. The van der Waals surface area contributed by atoms with Crippen molar-refractivity contribution in [2.45, 2.75) is 12.5 Å². The lowest BCUT2D eigenvalue weighted by Gasteiger charge is -2.23. The summed E-state index contributed by atoms with van der Waals surface area (Å²) in [7, 11) is 5.58. The van der Waals surface area contributed by atoms with Crippen molar-refractivity contribution < 1.29 is 28.7 Å². The number of Topliss-reactive ketones (excluding diaryl/α,β-unsaturated/α-hetero) is 1.